The van der Waals surface area contributed by atoms with Gasteiger partial charge in [0, 0.05) is 7.05 Å². The Morgan fingerprint density at radius 2 is 2.38 bits per heavy atom. The topological polar surface area (TPSA) is 55.1 Å². The summed E-state index contributed by atoms with van der Waals surface area (Å²) >= 11 is 5.82. The largest absolute Gasteiger partial charge is 0.481 e. The molecule has 0 bridgehead atoms. The fourth-order valence-electron chi connectivity index (χ4n) is 1.61. The third kappa shape index (κ3) is 1.05. The van der Waals surface area contributed by atoms with Crippen LogP contribution in [0.4, 0.5) is 0 Å². The third-order valence-electron chi connectivity index (χ3n) is 2.51. The molecule has 1 aliphatic rings. The number of carboxylic acids is 1. The maximum absolute atomic E-state index is 11.0. The van der Waals surface area contributed by atoms with Gasteiger partial charge in [-0.05, 0) is 12.8 Å². The zero-order valence-corrected chi connectivity index (χ0v) is 7.88. The molecule has 0 spiro atoms. The van der Waals surface area contributed by atoms with Gasteiger partial charge >= 0.3 is 5.97 Å². The summed E-state index contributed by atoms with van der Waals surface area (Å²) in [6.45, 7) is 0. The summed E-state index contributed by atoms with van der Waals surface area (Å²) in [5, 5.41) is 9.33. The van der Waals surface area contributed by atoms with E-state index in [9.17, 15) is 4.79 Å². The van der Waals surface area contributed by atoms with Crippen molar-refractivity contribution in [1.29, 1.82) is 0 Å². The molecule has 2 rings (SSSR count). The van der Waals surface area contributed by atoms with Gasteiger partial charge in [0.1, 0.15) is 5.41 Å². The molecule has 0 saturated heterocycles. The standard InChI is InChI=1S/C8H9ClN2O2/c1-11-4-10-6(9)5(11)8(2-3-8)7(12)13/h4H,2-3H2,1H3,(H,12,13). The second-order valence-electron chi connectivity index (χ2n) is 3.38. The van der Waals surface area contributed by atoms with Crippen molar-refractivity contribution >= 4 is 17.6 Å². The average Bonchev–Trinajstić information content (AvgIpc) is 2.77. The van der Waals surface area contributed by atoms with Gasteiger partial charge in [0.25, 0.3) is 0 Å². The lowest BCUT2D eigenvalue weighted by Gasteiger charge is -2.10. The highest BCUT2D eigenvalue weighted by atomic mass is 35.5. The minimum Gasteiger partial charge on any atom is -0.481 e. The van der Waals surface area contributed by atoms with Crippen LogP contribution < -0.4 is 0 Å². The van der Waals surface area contributed by atoms with Gasteiger partial charge in [-0.3, -0.25) is 4.79 Å². The van der Waals surface area contributed by atoms with Crippen molar-refractivity contribution in [1.82, 2.24) is 9.55 Å². The van der Waals surface area contributed by atoms with Gasteiger partial charge in [0.15, 0.2) is 5.15 Å². The lowest BCUT2D eigenvalue weighted by Crippen LogP contribution is -2.22. The van der Waals surface area contributed by atoms with E-state index in [1.165, 1.54) is 0 Å². The number of nitrogens with zero attached hydrogens (tertiary/aromatic N) is 2. The Bertz CT molecular complexity index is 349. The lowest BCUT2D eigenvalue weighted by atomic mass is 10.0. The van der Waals surface area contributed by atoms with E-state index in [-0.39, 0.29) is 0 Å². The minimum atomic E-state index is -0.807. The first-order chi connectivity index (χ1) is 6.08. The molecule has 4 nitrogen and oxygen atoms in total. The van der Waals surface area contributed by atoms with E-state index in [4.69, 9.17) is 16.7 Å². The number of rotatable bonds is 2. The smallest absolute Gasteiger partial charge is 0.315 e. The molecule has 1 aromatic heterocycles. The zero-order chi connectivity index (χ0) is 9.64. The fraction of sp³-hybridized carbons (Fsp3) is 0.500. The highest BCUT2D eigenvalue weighted by Crippen LogP contribution is 2.50. The molecule has 0 unspecified atom stereocenters. The number of aromatic nitrogens is 2. The Balaban J connectivity index is 2.51. The molecule has 0 aromatic carbocycles. The summed E-state index contributed by atoms with van der Waals surface area (Å²) in [5.41, 5.74) is -0.135. The van der Waals surface area contributed by atoms with Gasteiger partial charge < -0.3 is 9.67 Å². The van der Waals surface area contributed by atoms with E-state index in [1.807, 2.05) is 0 Å². The van der Waals surface area contributed by atoms with Crippen molar-refractivity contribution < 1.29 is 9.90 Å². The molecule has 0 aliphatic heterocycles. The Morgan fingerprint density at radius 1 is 1.77 bits per heavy atom. The minimum absolute atomic E-state index is 0.308. The van der Waals surface area contributed by atoms with Crippen LogP contribution in [0.1, 0.15) is 18.5 Å². The van der Waals surface area contributed by atoms with Crippen LogP contribution in [-0.4, -0.2) is 20.6 Å². The summed E-state index contributed by atoms with van der Waals surface area (Å²) in [6, 6.07) is 0. The van der Waals surface area contributed by atoms with E-state index < -0.39 is 11.4 Å². The monoisotopic (exact) mass is 200 g/mol. The second-order valence-corrected chi connectivity index (χ2v) is 3.74. The van der Waals surface area contributed by atoms with Crippen molar-refractivity contribution in [3.05, 3.63) is 17.2 Å². The molecule has 0 amide bonds. The van der Waals surface area contributed by atoms with Gasteiger partial charge in [0.2, 0.25) is 0 Å². The number of aliphatic carboxylic acids is 1. The van der Waals surface area contributed by atoms with Crippen molar-refractivity contribution in [2.75, 3.05) is 0 Å². The van der Waals surface area contributed by atoms with Crippen LogP contribution >= 0.6 is 11.6 Å². The summed E-state index contributed by atoms with van der Waals surface area (Å²) < 4.78 is 1.68. The van der Waals surface area contributed by atoms with Gasteiger partial charge in [-0.2, -0.15) is 0 Å². The highest BCUT2D eigenvalue weighted by molar-refractivity contribution is 6.30. The predicted molar refractivity (Wildman–Crippen MR) is 46.8 cm³/mol. The van der Waals surface area contributed by atoms with E-state index in [0.29, 0.717) is 23.7 Å². The first-order valence-corrected chi connectivity index (χ1v) is 4.36. The number of hydrogen-bond donors (Lipinski definition) is 1. The summed E-state index contributed by atoms with van der Waals surface area (Å²) in [7, 11) is 1.76. The summed E-state index contributed by atoms with van der Waals surface area (Å²) in [6.07, 6.45) is 2.85. The predicted octanol–water partition coefficient (Wildman–Crippen LogP) is 1.19. The summed E-state index contributed by atoms with van der Waals surface area (Å²) in [4.78, 5) is 14.9. The van der Waals surface area contributed by atoms with E-state index in [0.717, 1.165) is 0 Å². The second kappa shape index (κ2) is 2.48. The lowest BCUT2D eigenvalue weighted by molar-refractivity contribution is -0.140. The maximum Gasteiger partial charge on any atom is 0.315 e. The zero-order valence-electron chi connectivity index (χ0n) is 7.12. The third-order valence-corrected chi connectivity index (χ3v) is 2.78. The molecule has 1 aromatic rings. The van der Waals surface area contributed by atoms with Crippen LogP contribution in [0.5, 0.6) is 0 Å². The molecule has 13 heavy (non-hydrogen) atoms. The van der Waals surface area contributed by atoms with Gasteiger partial charge in [-0.15, -0.1) is 0 Å². The number of aryl methyl sites for hydroxylation is 1. The molecule has 70 valence electrons. The van der Waals surface area contributed by atoms with Gasteiger partial charge in [0.05, 0.1) is 12.0 Å². The Morgan fingerprint density at radius 3 is 2.69 bits per heavy atom. The van der Waals surface area contributed by atoms with Crippen LogP contribution in [0.15, 0.2) is 6.33 Å². The normalized spacial score (nSPS) is 18.6. The quantitative estimate of drug-likeness (QED) is 0.780. The van der Waals surface area contributed by atoms with Crippen molar-refractivity contribution in [2.45, 2.75) is 18.3 Å². The van der Waals surface area contributed by atoms with Gasteiger partial charge in [-0.25, -0.2) is 4.98 Å². The highest BCUT2D eigenvalue weighted by Gasteiger charge is 2.55. The number of carbonyl (C=O) groups is 1. The average molecular weight is 201 g/mol. The number of halogens is 1. The molecular formula is C8H9ClN2O2. The molecular weight excluding hydrogens is 192 g/mol. The molecule has 0 radical (unpaired) electrons. The Hall–Kier alpha value is -1.03. The van der Waals surface area contributed by atoms with Crippen LogP contribution in [0.25, 0.3) is 0 Å². The molecule has 1 saturated carbocycles. The molecule has 1 N–H and O–H groups in total. The molecule has 1 heterocycles. The molecule has 1 fully saturated rings. The van der Waals surface area contributed by atoms with Crippen LogP contribution in [-0.2, 0) is 17.3 Å². The van der Waals surface area contributed by atoms with Crippen LogP contribution in [0.3, 0.4) is 0 Å². The number of imidazole rings is 1. The van der Waals surface area contributed by atoms with Crippen molar-refractivity contribution in [3.63, 3.8) is 0 Å². The SMILES string of the molecule is Cn1cnc(Cl)c1C1(C(=O)O)CC1. The maximum atomic E-state index is 11.0. The Labute approximate surface area is 80.1 Å². The fourth-order valence-corrected chi connectivity index (χ4v) is 1.97. The molecule has 0 atom stereocenters. The Kier molecular flexibility index (Phi) is 1.63. The van der Waals surface area contributed by atoms with Gasteiger partial charge in [-0.1, -0.05) is 11.6 Å². The van der Waals surface area contributed by atoms with E-state index >= 15 is 0 Å². The summed E-state index contributed by atoms with van der Waals surface area (Å²) in [5.74, 6) is -0.807. The van der Waals surface area contributed by atoms with Crippen molar-refractivity contribution in [2.24, 2.45) is 7.05 Å². The molecule has 5 heteroatoms. The first-order valence-electron chi connectivity index (χ1n) is 3.98. The van der Waals surface area contributed by atoms with Crippen molar-refractivity contribution in [3.8, 4) is 0 Å². The van der Waals surface area contributed by atoms with E-state index in [1.54, 1.807) is 17.9 Å². The number of carboxylic acid groups (broad SMARTS) is 1. The first kappa shape index (κ1) is 8.56. The van der Waals surface area contributed by atoms with E-state index in [2.05, 4.69) is 4.98 Å². The van der Waals surface area contributed by atoms with Crippen LogP contribution in [0.2, 0.25) is 5.15 Å². The molecule has 1 aliphatic carbocycles. The van der Waals surface area contributed by atoms with Crippen LogP contribution in [0, 0.1) is 0 Å². The number of hydrogen-bond acceptors (Lipinski definition) is 2.